The average molecular weight is 457 g/mol. The van der Waals surface area contributed by atoms with Gasteiger partial charge in [0, 0.05) is 50.3 Å². The van der Waals surface area contributed by atoms with Crippen LogP contribution in [-0.2, 0) is 16.4 Å². The fourth-order valence-corrected chi connectivity index (χ4v) is 5.97. The number of hydrogen-bond donors (Lipinski definition) is 0. The Morgan fingerprint density at radius 2 is 1.77 bits per heavy atom. The summed E-state index contributed by atoms with van der Waals surface area (Å²) in [6.45, 7) is 7.05. The summed E-state index contributed by atoms with van der Waals surface area (Å²) in [4.78, 5) is 10.9. The lowest BCUT2D eigenvalue weighted by atomic mass is 10.2. The zero-order valence-electron chi connectivity index (χ0n) is 17.7. The first-order valence-electron chi connectivity index (χ1n) is 10.6. The standard InChI is InChI=1S/C23H28N4O2S2/c1-2-27(20-7-4-3-5-8-20)31(28,29)22-10-11-23(24-19-22)26-16-14-25(15-17-26)13-12-21-9-6-18-30-21/h3-11,18-19H,2,12-17H2,1H3. The van der Waals surface area contributed by atoms with Gasteiger partial charge in [0.25, 0.3) is 10.0 Å². The maximum absolute atomic E-state index is 13.1. The Balaban J connectivity index is 1.38. The molecular formula is C23H28N4O2S2. The molecule has 1 aliphatic heterocycles. The highest BCUT2D eigenvalue weighted by Crippen LogP contribution is 2.24. The van der Waals surface area contributed by atoms with E-state index in [0.29, 0.717) is 12.2 Å². The normalized spacial score (nSPS) is 15.2. The number of pyridine rings is 1. The molecule has 8 heteroatoms. The highest BCUT2D eigenvalue weighted by atomic mass is 32.2. The van der Waals surface area contributed by atoms with Gasteiger partial charge in [0.1, 0.15) is 10.7 Å². The maximum atomic E-state index is 13.1. The van der Waals surface area contributed by atoms with Crippen LogP contribution in [0.4, 0.5) is 11.5 Å². The molecule has 3 aromatic rings. The zero-order valence-corrected chi connectivity index (χ0v) is 19.4. The lowest BCUT2D eigenvalue weighted by Gasteiger charge is -2.35. The molecule has 1 fully saturated rings. The van der Waals surface area contributed by atoms with Crippen molar-refractivity contribution >= 4 is 32.9 Å². The molecule has 1 aromatic carbocycles. The first-order chi connectivity index (χ1) is 15.1. The van der Waals surface area contributed by atoms with Crippen molar-refractivity contribution in [1.82, 2.24) is 9.88 Å². The van der Waals surface area contributed by atoms with Gasteiger partial charge in [0.15, 0.2) is 0 Å². The minimum Gasteiger partial charge on any atom is -0.354 e. The van der Waals surface area contributed by atoms with Gasteiger partial charge < -0.3 is 4.90 Å². The van der Waals surface area contributed by atoms with Crippen molar-refractivity contribution in [2.75, 3.05) is 48.5 Å². The van der Waals surface area contributed by atoms with Gasteiger partial charge in [0.2, 0.25) is 0 Å². The molecule has 6 nitrogen and oxygen atoms in total. The Bertz CT molecular complexity index is 1050. The van der Waals surface area contributed by atoms with Crippen LogP contribution in [-0.4, -0.2) is 57.6 Å². The molecule has 0 atom stereocenters. The van der Waals surface area contributed by atoms with Gasteiger partial charge in [-0.1, -0.05) is 24.3 Å². The number of hydrogen-bond acceptors (Lipinski definition) is 6. The van der Waals surface area contributed by atoms with Crippen molar-refractivity contribution < 1.29 is 8.42 Å². The number of rotatable bonds is 8. The van der Waals surface area contributed by atoms with Crippen LogP contribution in [0.5, 0.6) is 0 Å². The number of para-hydroxylation sites is 1. The molecule has 1 saturated heterocycles. The molecule has 3 heterocycles. The lowest BCUT2D eigenvalue weighted by Crippen LogP contribution is -2.47. The molecule has 0 amide bonds. The van der Waals surface area contributed by atoms with Crippen LogP contribution in [0.3, 0.4) is 0 Å². The van der Waals surface area contributed by atoms with Gasteiger partial charge in [-0.3, -0.25) is 9.21 Å². The van der Waals surface area contributed by atoms with Crippen LogP contribution in [0.15, 0.2) is 71.1 Å². The van der Waals surface area contributed by atoms with Crippen molar-refractivity contribution in [3.8, 4) is 0 Å². The van der Waals surface area contributed by atoms with Gasteiger partial charge in [-0.25, -0.2) is 13.4 Å². The van der Waals surface area contributed by atoms with Crippen molar-refractivity contribution in [2.45, 2.75) is 18.2 Å². The van der Waals surface area contributed by atoms with E-state index >= 15 is 0 Å². The number of sulfonamides is 1. The Morgan fingerprint density at radius 1 is 1.00 bits per heavy atom. The topological polar surface area (TPSA) is 56.8 Å². The summed E-state index contributed by atoms with van der Waals surface area (Å²) in [6, 6.07) is 17.0. The Labute approximate surface area is 188 Å². The molecule has 0 radical (unpaired) electrons. The molecule has 164 valence electrons. The van der Waals surface area contributed by atoms with Gasteiger partial charge in [-0.2, -0.15) is 0 Å². The highest BCUT2D eigenvalue weighted by Gasteiger charge is 2.25. The van der Waals surface area contributed by atoms with Gasteiger partial charge in [-0.15, -0.1) is 11.3 Å². The third-order valence-corrected chi connectivity index (χ3v) is 8.41. The van der Waals surface area contributed by atoms with Crippen molar-refractivity contribution in [1.29, 1.82) is 0 Å². The van der Waals surface area contributed by atoms with Crippen LogP contribution in [0, 0.1) is 0 Å². The molecule has 31 heavy (non-hydrogen) atoms. The number of nitrogens with zero attached hydrogens (tertiary/aromatic N) is 4. The molecule has 2 aromatic heterocycles. The van der Waals surface area contributed by atoms with Gasteiger partial charge in [0.05, 0.1) is 5.69 Å². The van der Waals surface area contributed by atoms with Crippen LogP contribution in [0.2, 0.25) is 0 Å². The van der Waals surface area contributed by atoms with Crippen LogP contribution in [0.25, 0.3) is 0 Å². The zero-order chi connectivity index (χ0) is 21.7. The van der Waals surface area contributed by atoms with E-state index in [0.717, 1.165) is 45.0 Å². The molecule has 0 unspecified atom stereocenters. The quantitative estimate of drug-likeness (QED) is 0.517. The van der Waals surface area contributed by atoms with Gasteiger partial charge in [-0.05, 0) is 49.1 Å². The highest BCUT2D eigenvalue weighted by molar-refractivity contribution is 7.92. The molecule has 0 aliphatic carbocycles. The van der Waals surface area contributed by atoms with E-state index < -0.39 is 10.0 Å². The third kappa shape index (κ3) is 5.08. The SMILES string of the molecule is CCN(c1ccccc1)S(=O)(=O)c1ccc(N2CCN(CCc3cccs3)CC2)nc1. The fraction of sp³-hybridized carbons (Fsp3) is 0.348. The number of aromatic nitrogens is 1. The number of thiophene rings is 1. The van der Waals surface area contributed by atoms with Crippen molar-refractivity contribution in [3.05, 3.63) is 71.1 Å². The number of piperazine rings is 1. The Kier molecular flexibility index (Phi) is 6.89. The van der Waals surface area contributed by atoms with E-state index in [1.54, 1.807) is 18.2 Å². The van der Waals surface area contributed by atoms with E-state index in [4.69, 9.17) is 0 Å². The molecule has 0 N–H and O–H groups in total. The van der Waals surface area contributed by atoms with Crippen molar-refractivity contribution in [2.24, 2.45) is 0 Å². The van der Waals surface area contributed by atoms with E-state index in [-0.39, 0.29) is 4.90 Å². The first-order valence-corrected chi connectivity index (χ1v) is 12.9. The summed E-state index contributed by atoms with van der Waals surface area (Å²) in [5, 5.41) is 2.13. The summed E-state index contributed by atoms with van der Waals surface area (Å²) < 4.78 is 27.7. The predicted octanol–water partition coefficient (Wildman–Crippen LogP) is 3.72. The van der Waals surface area contributed by atoms with Gasteiger partial charge >= 0.3 is 0 Å². The smallest absolute Gasteiger partial charge is 0.265 e. The van der Waals surface area contributed by atoms with E-state index in [1.165, 1.54) is 15.4 Å². The van der Waals surface area contributed by atoms with E-state index in [9.17, 15) is 8.42 Å². The summed E-state index contributed by atoms with van der Waals surface area (Å²) in [7, 11) is -3.64. The second kappa shape index (κ2) is 9.80. The summed E-state index contributed by atoms with van der Waals surface area (Å²) in [6.07, 6.45) is 2.58. The fourth-order valence-electron chi connectivity index (χ4n) is 3.85. The van der Waals surface area contributed by atoms with Crippen molar-refractivity contribution in [3.63, 3.8) is 0 Å². The van der Waals surface area contributed by atoms with Crippen LogP contribution >= 0.6 is 11.3 Å². The monoisotopic (exact) mass is 456 g/mol. The maximum Gasteiger partial charge on any atom is 0.265 e. The minimum absolute atomic E-state index is 0.219. The Morgan fingerprint density at radius 3 is 2.39 bits per heavy atom. The van der Waals surface area contributed by atoms with Crippen LogP contribution < -0.4 is 9.21 Å². The minimum atomic E-state index is -3.64. The number of anilines is 2. The second-order valence-corrected chi connectivity index (χ2v) is 10.4. The number of benzene rings is 1. The molecule has 0 bridgehead atoms. The first kappa shape index (κ1) is 21.8. The molecule has 1 aliphatic rings. The second-order valence-electron chi connectivity index (χ2n) is 7.52. The third-order valence-electron chi connectivity index (χ3n) is 5.59. The van der Waals surface area contributed by atoms with Crippen LogP contribution in [0.1, 0.15) is 11.8 Å². The summed E-state index contributed by atoms with van der Waals surface area (Å²) in [5.74, 6) is 0.833. The predicted molar refractivity (Wildman–Crippen MR) is 128 cm³/mol. The van der Waals surface area contributed by atoms with E-state index in [2.05, 4.69) is 32.3 Å². The molecular weight excluding hydrogens is 428 g/mol. The average Bonchev–Trinajstić information content (AvgIpc) is 3.33. The molecule has 4 rings (SSSR count). The Hall–Kier alpha value is -2.42. The lowest BCUT2D eigenvalue weighted by molar-refractivity contribution is 0.261. The van der Waals surface area contributed by atoms with E-state index in [1.807, 2.05) is 42.5 Å². The largest absolute Gasteiger partial charge is 0.354 e. The summed E-state index contributed by atoms with van der Waals surface area (Å²) >= 11 is 1.81. The molecule has 0 spiro atoms. The summed E-state index contributed by atoms with van der Waals surface area (Å²) in [5.41, 5.74) is 0.660. The molecule has 0 saturated carbocycles.